The standard InChI is InChI=1S/C13H23N5/c1-3-8-14-9(2)13-15-16-17-18(13)12(10-4-5-10)11-6-7-11/h9-12,14H,3-8H2,1-2H3. The van der Waals surface area contributed by atoms with E-state index in [0.29, 0.717) is 6.04 Å². The van der Waals surface area contributed by atoms with Crippen LogP contribution in [0.2, 0.25) is 0 Å². The van der Waals surface area contributed by atoms with Crippen molar-refractivity contribution >= 4 is 0 Å². The van der Waals surface area contributed by atoms with Gasteiger partial charge in [0.2, 0.25) is 0 Å². The van der Waals surface area contributed by atoms with Gasteiger partial charge in [0.25, 0.3) is 0 Å². The van der Waals surface area contributed by atoms with Crippen LogP contribution in [-0.4, -0.2) is 26.8 Å². The molecule has 5 nitrogen and oxygen atoms in total. The fourth-order valence-corrected chi connectivity index (χ4v) is 2.81. The molecule has 1 atom stereocenters. The number of tetrazole rings is 1. The number of nitrogens with one attached hydrogen (secondary N) is 1. The predicted octanol–water partition coefficient (Wildman–Crippen LogP) is 2.09. The second-order valence-corrected chi connectivity index (χ2v) is 5.82. The SMILES string of the molecule is CCCNC(C)c1nnnn1C(C1CC1)C1CC1. The first-order valence-electron chi connectivity index (χ1n) is 7.32. The van der Waals surface area contributed by atoms with E-state index in [9.17, 15) is 0 Å². The molecule has 0 radical (unpaired) electrons. The molecule has 0 saturated heterocycles. The van der Waals surface area contributed by atoms with Crippen LogP contribution < -0.4 is 5.32 Å². The molecule has 2 saturated carbocycles. The van der Waals surface area contributed by atoms with Crippen LogP contribution in [0, 0.1) is 11.8 Å². The number of rotatable bonds is 7. The fraction of sp³-hybridized carbons (Fsp3) is 0.923. The van der Waals surface area contributed by atoms with Crippen molar-refractivity contribution in [3.05, 3.63) is 5.82 Å². The Labute approximate surface area is 108 Å². The zero-order valence-corrected chi connectivity index (χ0v) is 11.3. The number of nitrogens with zero attached hydrogens (tertiary/aromatic N) is 4. The largest absolute Gasteiger partial charge is 0.307 e. The van der Waals surface area contributed by atoms with Gasteiger partial charge in [-0.05, 0) is 67.8 Å². The van der Waals surface area contributed by atoms with E-state index in [1.807, 2.05) is 0 Å². The Balaban J connectivity index is 1.76. The molecule has 0 aliphatic heterocycles. The summed E-state index contributed by atoms with van der Waals surface area (Å²) in [6.45, 7) is 5.36. The second-order valence-electron chi connectivity index (χ2n) is 5.82. The first kappa shape index (κ1) is 12.1. The molecule has 1 aromatic rings. The molecule has 0 bridgehead atoms. The highest BCUT2D eigenvalue weighted by molar-refractivity contribution is 5.00. The van der Waals surface area contributed by atoms with E-state index in [-0.39, 0.29) is 6.04 Å². The van der Waals surface area contributed by atoms with Crippen LogP contribution in [0.5, 0.6) is 0 Å². The van der Waals surface area contributed by atoms with Gasteiger partial charge in [0, 0.05) is 0 Å². The van der Waals surface area contributed by atoms with Crippen LogP contribution >= 0.6 is 0 Å². The zero-order valence-electron chi connectivity index (χ0n) is 11.3. The summed E-state index contributed by atoms with van der Waals surface area (Å²) in [6, 6.07) is 0.820. The van der Waals surface area contributed by atoms with Crippen molar-refractivity contribution in [2.45, 2.75) is 58.0 Å². The van der Waals surface area contributed by atoms with Crippen molar-refractivity contribution in [3.8, 4) is 0 Å². The minimum atomic E-state index is 0.250. The predicted molar refractivity (Wildman–Crippen MR) is 69.0 cm³/mol. The Bertz CT molecular complexity index is 382. The van der Waals surface area contributed by atoms with Gasteiger partial charge in [0.05, 0.1) is 12.1 Å². The summed E-state index contributed by atoms with van der Waals surface area (Å²) < 4.78 is 2.13. The molecule has 100 valence electrons. The topological polar surface area (TPSA) is 55.6 Å². The van der Waals surface area contributed by atoms with Crippen LogP contribution in [0.4, 0.5) is 0 Å². The summed E-state index contributed by atoms with van der Waals surface area (Å²) in [5.74, 6) is 2.68. The minimum absolute atomic E-state index is 0.250. The van der Waals surface area contributed by atoms with E-state index < -0.39 is 0 Å². The molecule has 1 heterocycles. The molecule has 18 heavy (non-hydrogen) atoms. The van der Waals surface area contributed by atoms with Gasteiger partial charge >= 0.3 is 0 Å². The van der Waals surface area contributed by atoms with E-state index in [4.69, 9.17) is 0 Å². The van der Waals surface area contributed by atoms with E-state index >= 15 is 0 Å². The summed E-state index contributed by atoms with van der Waals surface area (Å²) >= 11 is 0. The quantitative estimate of drug-likeness (QED) is 0.804. The van der Waals surface area contributed by atoms with Gasteiger partial charge in [-0.15, -0.1) is 5.10 Å². The Hall–Kier alpha value is -0.970. The zero-order chi connectivity index (χ0) is 12.5. The molecule has 0 spiro atoms. The van der Waals surface area contributed by atoms with Crippen molar-refractivity contribution < 1.29 is 0 Å². The van der Waals surface area contributed by atoms with Gasteiger partial charge in [-0.25, -0.2) is 4.68 Å². The maximum absolute atomic E-state index is 4.28. The molecule has 2 fully saturated rings. The van der Waals surface area contributed by atoms with Crippen molar-refractivity contribution in [1.29, 1.82) is 0 Å². The molecule has 0 amide bonds. The van der Waals surface area contributed by atoms with Crippen molar-refractivity contribution in [3.63, 3.8) is 0 Å². The molecule has 2 aliphatic rings. The summed E-state index contributed by atoms with van der Waals surface area (Å²) in [6.07, 6.45) is 6.57. The van der Waals surface area contributed by atoms with Gasteiger partial charge in [-0.3, -0.25) is 0 Å². The van der Waals surface area contributed by atoms with Crippen LogP contribution in [-0.2, 0) is 0 Å². The van der Waals surface area contributed by atoms with Crippen LogP contribution in [0.15, 0.2) is 0 Å². The van der Waals surface area contributed by atoms with Gasteiger partial charge in [-0.2, -0.15) is 0 Å². The Morgan fingerprint density at radius 2 is 1.94 bits per heavy atom. The van der Waals surface area contributed by atoms with E-state index in [2.05, 4.69) is 39.4 Å². The smallest absolute Gasteiger partial charge is 0.168 e. The first-order valence-corrected chi connectivity index (χ1v) is 7.32. The lowest BCUT2D eigenvalue weighted by molar-refractivity contribution is 0.331. The molecule has 1 N–H and O–H groups in total. The Morgan fingerprint density at radius 1 is 1.28 bits per heavy atom. The van der Waals surface area contributed by atoms with Crippen LogP contribution in [0.3, 0.4) is 0 Å². The Kier molecular flexibility index (Phi) is 3.33. The molecule has 2 aliphatic carbocycles. The van der Waals surface area contributed by atoms with Crippen LogP contribution in [0.1, 0.15) is 63.9 Å². The summed E-state index contributed by atoms with van der Waals surface area (Å²) in [7, 11) is 0. The average molecular weight is 249 g/mol. The lowest BCUT2D eigenvalue weighted by Gasteiger charge is -2.20. The third-order valence-electron chi connectivity index (χ3n) is 4.10. The van der Waals surface area contributed by atoms with Crippen molar-refractivity contribution in [2.75, 3.05) is 6.54 Å². The minimum Gasteiger partial charge on any atom is -0.307 e. The van der Waals surface area contributed by atoms with Gasteiger partial charge in [0.1, 0.15) is 0 Å². The maximum Gasteiger partial charge on any atom is 0.168 e. The highest BCUT2D eigenvalue weighted by atomic mass is 15.6. The van der Waals surface area contributed by atoms with Crippen molar-refractivity contribution in [1.82, 2.24) is 25.5 Å². The molecular formula is C13H23N5. The van der Waals surface area contributed by atoms with Crippen molar-refractivity contribution in [2.24, 2.45) is 11.8 Å². The van der Waals surface area contributed by atoms with E-state index in [1.54, 1.807) is 0 Å². The molecular weight excluding hydrogens is 226 g/mol. The first-order chi connectivity index (χ1) is 8.81. The molecule has 1 unspecified atom stereocenters. The molecule has 5 heteroatoms. The Morgan fingerprint density at radius 3 is 2.50 bits per heavy atom. The van der Waals surface area contributed by atoms with Gasteiger partial charge in [-0.1, -0.05) is 6.92 Å². The monoisotopic (exact) mass is 249 g/mol. The van der Waals surface area contributed by atoms with Crippen LogP contribution in [0.25, 0.3) is 0 Å². The number of hydrogen-bond donors (Lipinski definition) is 1. The summed E-state index contributed by atoms with van der Waals surface area (Å²) in [5.41, 5.74) is 0. The van der Waals surface area contributed by atoms with Gasteiger partial charge in [0.15, 0.2) is 5.82 Å². The number of hydrogen-bond acceptors (Lipinski definition) is 4. The normalized spacial score (nSPS) is 21.5. The third-order valence-corrected chi connectivity index (χ3v) is 4.10. The second kappa shape index (κ2) is 4.96. The number of aromatic nitrogens is 4. The lowest BCUT2D eigenvalue weighted by atomic mass is 10.1. The third kappa shape index (κ3) is 2.41. The maximum atomic E-state index is 4.28. The average Bonchev–Trinajstić information content (AvgIpc) is 3.27. The lowest BCUT2D eigenvalue weighted by Crippen LogP contribution is -2.26. The highest BCUT2D eigenvalue weighted by Gasteiger charge is 2.44. The van der Waals surface area contributed by atoms with E-state index in [1.165, 1.54) is 25.7 Å². The molecule has 3 rings (SSSR count). The van der Waals surface area contributed by atoms with Gasteiger partial charge < -0.3 is 5.32 Å². The molecule has 1 aromatic heterocycles. The van der Waals surface area contributed by atoms with E-state index in [0.717, 1.165) is 30.6 Å². The summed E-state index contributed by atoms with van der Waals surface area (Å²) in [5, 5.41) is 15.9. The molecule has 0 aromatic carbocycles. The summed E-state index contributed by atoms with van der Waals surface area (Å²) in [4.78, 5) is 0. The fourth-order valence-electron chi connectivity index (χ4n) is 2.81. The highest BCUT2D eigenvalue weighted by Crippen LogP contribution is 2.52.